The van der Waals surface area contributed by atoms with E-state index in [0.717, 1.165) is 30.5 Å². The zero-order valence-corrected chi connectivity index (χ0v) is 13.3. The highest BCUT2D eigenvalue weighted by Crippen LogP contribution is 2.43. The maximum atomic E-state index is 11.4. The average molecular weight is 318 g/mol. The largest absolute Gasteiger partial charge is 0.477 e. The molecule has 120 valence electrons. The normalized spacial score (nSPS) is 24.7. The van der Waals surface area contributed by atoms with E-state index in [2.05, 4.69) is 35.2 Å². The van der Waals surface area contributed by atoms with Crippen LogP contribution >= 0.6 is 0 Å². The second-order valence-electron chi connectivity index (χ2n) is 6.54. The van der Waals surface area contributed by atoms with Gasteiger partial charge in [0.25, 0.3) is 0 Å². The number of rotatable bonds is 2. The average Bonchev–Trinajstić information content (AvgIpc) is 2.90. The predicted molar refractivity (Wildman–Crippen MR) is 92.7 cm³/mol. The van der Waals surface area contributed by atoms with Crippen molar-refractivity contribution < 1.29 is 9.90 Å². The van der Waals surface area contributed by atoms with E-state index in [1.165, 1.54) is 10.8 Å². The van der Waals surface area contributed by atoms with Gasteiger partial charge in [-0.05, 0) is 54.2 Å². The third kappa shape index (κ3) is 2.25. The summed E-state index contributed by atoms with van der Waals surface area (Å²) in [6, 6.07) is 17.0. The van der Waals surface area contributed by atoms with Crippen molar-refractivity contribution >= 4 is 22.4 Å². The van der Waals surface area contributed by atoms with E-state index in [1.54, 1.807) is 0 Å². The molecule has 2 atom stereocenters. The summed E-state index contributed by atoms with van der Waals surface area (Å²) in [5.41, 5.74) is 1.86. The van der Waals surface area contributed by atoms with Crippen LogP contribution in [0.25, 0.3) is 10.8 Å². The Morgan fingerprint density at radius 1 is 1.12 bits per heavy atom. The second-order valence-corrected chi connectivity index (χ2v) is 6.54. The molecular formula is C20H18N2O2. The number of anilines is 1. The molecule has 0 amide bonds. The van der Waals surface area contributed by atoms with Gasteiger partial charge in [-0.3, -0.25) is 0 Å². The van der Waals surface area contributed by atoms with Crippen LogP contribution in [0, 0.1) is 11.3 Å². The Labute approximate surface area is 140 Å². The lowest BCUT2D eigenvalue weighted by molar-refractivity contribution is -0.132. The fraction of sp³-hybridized carbons (Fsp3) is 0.300. The van der Waals surface area contributed by atoms with Gasteiger partial charge in [0.1, 0.15) is 11.6 Å². The topological polar surface area (TPSA) is 64.3 Å². The Morgan fingerprint density at radius 2 is 1.92 bits per heavy atom. The summed E-state index contributed by atoms with van der Waals surface area (Å²) in [6.45, 7) is 0. The number of hydrogen-bond acceptors (Lipinski definition) is 3. The SMILES string of the molecule is N#CC(C(=O)O)=C1CCC2CCC1N2c1ccc2ccccc2c1. The van der Waals surface area contributed by atoms with Crippen molar-refractivity contribution in [2.24, 2.45) is 0 Å². The van der Waals surface area contributed by atoms with Gasteiger partial charge in [0.15, 0.2) is 0 Å². The quantitative estimate of drug-likeness (QED) is 0.674. The number of piperidine rings is 1. The maximum Gasteiger partial charge on any atom is 0.346 e. The first kappa shape index (κ1) is 14.8. The molecule has 2 aliphatic rings. The van der Waals surface area contributed by atoms with E-state index in [-0.39, 0.29) is 11.6 Å². The molecule has 2 aromatic carbocycles. The maximum absolute atomic E-state index is 11.4. The third-order valence-corrected chi connectivity index (χ3v) is 5.33. The van der Waals surface area contributed by atoms with Crippen LogP contribution in [0.15, 0.2) is 53.6 Å². The molecule has 2 unspecified atom stereocenters. The number of nitrogens with zero attached hydrogens (tertiary/aromatic N) is 2. The fourth-order valence-corrected chi connectivity index (χ4v) is 4.27. The molecule has 24 heavy (non-hydrogen) atoms. The van der Waals surface area contributed by atoms with Crippen molar-refractivity contribution in [3.8, 4) is 6.07 Å². The summed E-state index contributed by atoms with van der Waals surface area (Å²) in [7, 11) is 0. The summed E-state index contributed by atoms with van der Waals surface area (Å²) in [5, 5.41) is 21.0. The first-order valence-electron chi connectivity index (χ1n) is 8.32. The molecule has 2 fully saturated rings. The molecule has 0 aliphatic carbocycles. The monoisotopic (exact) mass is 318 g/mol. The Hall–Kier alpha value is -2.80. The first-order chi connectivity index (χ1) is 11.7. The lowest BCUT2D eigenvalue weighted by atomic mass is 9.91. The molecule has 1 N–H and O–H groups in total. The number of nitriles is 1. The second kappa shape index (κ2) is 5.68. The highest BCUT2D eigenvalue weighted by molar-refractivity contribution is 5.92. The number of aliphatic carboxylic acids is 1. The van der Waals surface area contributed by atoms with Gasteiger partial charge in [0.05, 0.1) is 6.04 Å². The van der Waals surface area contributed by atoms with Gasteiger partial charge in [-0.25, -0.2) is 4.79 Å². The van der Waals surface area contributed by atoms with Gasteiger partial charge in [0, 0.05) is 11.7 Å². The molecule has 2 saturated heterocycles. The molecule has 0 aromatic heterocycles. The third-order valence-electron chi connectivity index (χ3n) is 5.33. The summed E-state index contributed by atoms with van der Waals surface area (Å²) in [4.78, 5) is 13.8. The Kier molecular flexibility index (Phi) is 3.50. The minimum absolute atomic E-state index is 0.0377. The van der Waals surface area contributed by atoms with Crippen molar-refractivity contribution in [1.29, 1.82) is 5.26 Å². The van der Waals surface area contributed by atoms with Crippen LogP contribution in [0.2, 0.25) is 0 Å². The Balaban J connectivity index is 1.80. The molecule has 0 saturated carbocycles. The number of benzene rings is 2. The van der Waals surface area contributed by atoms with Gasteiger partial charge in [-0.15, -0.1) is 0 Å². The van der Waals surface area contributed by atoms with Crippen LogP contribution in [-0.4, -0.2) is 23.2 Å². The fourth-order valence-electron chi connectivity index (χ4n) is 4.27. The summed E-state index contributed by atoms with van der Waals surface area (Å²) >= 11 is 0. The molecule has 2 aliphatic heterocycles. The number of carboxylic acid groups (broad SMARTS) is 1. The van der Waals surface area contributed by atoms with Crippen molar-refractivity contribution in [2.45, 2.75) is 37.8 Å². The Bertz CT molecular complexity index is 894. The first-order valence-corrected chi connectivity index (χ1v) is 8.32. The molecular weight excluding hydrogens is 300 g/mol. The number of hydrogen-bond donors (Lipinski definition) is 1. The molecule has 2 aromatic rings. The lowest BCUT2D eigenvalue weighted by Crippen LogP contribution is -2.42. The van der Waals surface area contributed by atoms with E-state index < -0.39 is 5.97 Å². The van der Waals surface area contributed by atoms with E-state index in [9.17, 15) is 15.2 Å². The van der Waals surface area contributed by atoms with Gasteiger partial charge >= 0.3 is 5.97 Å². The summed E-state index contributed by atoms with van der Waals surface area (Å²) < 4.78 is 0. The van der Waals surface area contributed by atoms with Gasteiger partial charge in [-0.2, -0.15) is 5.26 Å². The molecule has 2 bridgehead atoms. The molecule has 0 spiro atoms. The minimum Gasteiger partial charge on any atom is -0.477 e. The number of fused-ring (bicyclic) bond motifs is 3. The van der Waals surface area contributed by atoms with Crippen molar-refractivity contribution in [3.05, 3.63) is 53.6 Å². The van der Waals surface area contributed by atoms with Crippen molar-refractivity contribution in [2.75, 3.05) is 4.90 Å². The molecule has 0 radical (unpaired) electrons. The molecule has 4 heteroatoms. The van der Waals surface area contributed by atoms with Crippen molar-refractivity contribution in [3.63, 3.8) is 0 Å². The van der Waals surface area contributed by atoms with E-state index in [4.69, 9.17) is 0 Å². The van der Waals surface area contributed by atoms with Crippen LogP contribution in [0.3, 0.4) is 0 Å². The summed E-state index contributed by atoms with van der Waals surface area (Å²) in [5.74, 6) is -1.10. The lowest BCUT2D eigenvalue weighted by Gasteiger charge is -2.38. The van der Waals surface area contributed by atoms with Gasteiger partial charge in [0.2, 0.25) is 0 Å². The van der Waals surface area contributed by atoms with E-state index >= 15 is 0 Å². The van der Waals surface area contributed by atoms with E-state index in [0.29, 0.717) is 12.5 Å². The number of carbonyl (C=O) groups is 1. The van der Waals surface area contributed by atoms with Crippen LogP contribution in [-0.2, 0) is 4.79 Å². The molecule has 4 rings (SSSR count). The van der Waals surface area contributed by atoms with Crippen LogP contribution in [0.5, 0.6) is 0 Å². The number of carboxylic acids is 1. The van der Waals surface area contributed by atoms with Crippen LogP contribution < -0.4 is 4.90 Å². The molecule has 4 nitrogen and oxygen atoms in total. The summed E-state index contributed by atoms with van der Waals surface area (Å²) in [6.07, 6.45) is 3.61. The van der Waals surface area contributed by atoms with Crippen LogP contribution in [0.4, 0.5) is 5.69 Å². The molecule has 2 heterocycles. The predicted octanol–water partition coefficient (Wildman–Crippen LogP) is 3.88. The Morgan fingerprint density at radius 3 is 2.67 bits per heavy atom. The van der Waals surface area contributed by atoms with Crippen molar-refractivity contribution in [1.82, 2.24) is 0 Å². The highest BCUT2D eigenvalue weighted by Gasteiger charge is 2.41. The van der Waals surface area contributed by atoms with Gasteiger partial charge in [-0.1, -0.05) is 30.3 Å². The zero-order valence-electron chi connectivity index (χ0n) is 13.3. The van der Waals surface area contributed by atoms with Gasteiger partial charge < -0.3 is 10.0 Å². The van der Waals surface area contributed by atoms with E-state index in [1.807, 2.05) is 18.2 Å². The smallest absolute Gasteiger partial charge is 0.346 e. The van der Waals surface area contributed by atoms with Crippen LogP contribution in [0.1, 0.15) is 25.7 Å². The standard InChI is InChI=1S/C20H18N2O2/c21-12-18(20(23)24)17-9-7-15-8-10-19(17)22(15)16-6-5-13-3-1-2-4-14(13)11-16/h1-6,11,15,19H,7-10H2,(H,23,24). The zero-order chi connectivity index (χ0) is 16.7. The minimum atomic E-state index is -1.10. The highest BCUT2D eigenvalue weighted by atomic mass is 16.4.